The first-order valence-corrected chi connectivity index (χ1v) is 6.98. The highest BCUT2D eigenvalue weighted by Gasteiger charge is 2.24. The van der Waals surface area contributed by atoms with Gasteiger partial charge in [-0.1, -0.05) is 17.7 Å². The summed E-state index contributed by atoms with van der Waals surface area (Å²) in [4.78, 5) is 0. The molecule has 0 radical (unpaired) electrons. The lowest BCUT2D eigenvalue weighted by molar-refractivity contribution is 0.506. The highest BCUT2D eigenvalue weighted by Crippen LogP contribution is 2.32. The Kier molecular flexibility index (Phi) is 4.75. The van der Waals surface area contributed by atoms with E-state index in [2.05, 4.69) is 21.4 Å². The third-order valence-electron chi connectivity index (χ3n) is 3.09. The summed E-state index contributed by atoms with van der Waals surface area (Å²) in [6, 6.07) is 6.80. The Morgan fingerprint density at radius 1 is 1.25 bits per heavy atom. The van der Waals surface area contributed by atoms with E-state index in [1.165, 1.54) is 12.1 Å². The van der Waals surface area contributed by atoms with Gasteiger partial charge >= 0.3 is 0 Å². The molecule has 0 fully saturated rings. The second-order valence-electron chi connectivity index (χ2n) is 4.36. The van der Waals surface area contributed by atoms with E-state index >= 15 is 0 Å². The van der Waals surface area contributed by atoms with Crippen molar-refractivity contribution in [2.45, 2.75) is 13.0 Å². The second-order valence-corrected chi connectivity index (χ2v) is 5.65. The van der Waals surface area contributed by atoms with Crippen LogP contribution in [0, 0.1) is 18.6 Å². The summed E-state index contributed by atoms with van der Waals surface area (Å²) in [6.45, 7) is 1.82. The van der Waals surface area contributed by atoms with Gasteiger partial charge in [-0.2, -0.15) is 0 Å². The molecule has 0 aliphatic rings. The van der Waals surface area contributed by atoms with Crippen LogP contribution in [0.1, 0.15) is 22.7 Å². The maximum atomic E-state index is 14.2. The van der Waals surface area contributed by atoms with Crippen LogP contribution in [0.25, 0.3) is 0 Å². The molecule has 2 nitrogen and oxygen atoms in total. The number of hydrazine groups is 1. The molecule has 0 heterocycles. The van der Waals surface area contributed by atoms with Gasteiger partial charge in [0.2, 0.25) is 0 Å². The minimum absolute atomic E-state index is 0.146. The number of nitrogens with two attached hydrogens (primary N) is 1. The molecule has 106 valence electrons. The summed E-state index contributed by atoms with van der Waals surface area (Å²) in [5.74, 6) is 4.14. The smallest absolute Gasteiger partial charge is 0.145 e. The molecule has 0 spiro atoms. The number of benzene rings is 2. The van der Waals surface area contributed by atoms with Crippen molar-refractivity contribution < 1.29 is 8.78 Å². The van der Waals surface area contributed by atoms with Crippen LogP contribution in [0.5, 0.6) is 0 Å². The van der Waals surface area contributed by atoms with Crippen LogP contribution in [0.2, 0.25) is 5.02 Å². The van der Waals surface area contributed by atoms with Crippen molar-refractivity contribution in [3.05, 3.63) is 68.2 Å². The van der Waals surface area contributed by atoms with Crippen LogP contribution in [-0.2, 0) is 0 Å². The number of nitrogens with one attached hydrogen (secondary N) is 1. The topological polar surface area (TPSA) is 38.0 Å². The van der Waals surface area contributed by atoms with E-state index in [1.807, 2.05) is 6.92 Å². The van der Waals surface area contributed by atoms with Crippen molar-refractivity contribution in [3.63, 3.8) is 0 Å². The molecule has 20 heavy (non-hydrogen) atoms. The highest BCUT2D eigenvalue weighted by atomic mass is 79.9. The first kappa shape index (κ1) is 15.4. The Morgan fingerprint density at radius 3 is 2.60 bits per heavy atom. The van der Waals surface area contributed by atoms with Crippen LogP contribution in [0.15, 0.2) is 34.8 Å². The SMILES string of the molecule is Cc1ccc(Cl)cc1C(NN)c1c(F)ccc(Br)c1F. The van der Waals surface area contributed by atoms with Gasteiger partial charge < -0.3 is 0 Å². The van der Waals surface area contributed by atoms with Gasteiger partial charge in [0.15, 0.2) is 0 Å². The number of hydrogen-bond donors (Lipinski definition) is 2. The summed E-state index contributed by atoms with van der Waals surface area (Å²) in [6.07, 6.45) is 0. The van der Waals surface area contributed by atoms with Crippen LogP contribution in [-0.4, -0.2) is 0 Å². The molecule has 3 N–H and O–H groups in total. The molecule has 0 saturated carbocycles. The Bertz CT molecular complexity index is 649. The van der Waals surface area contributed by atoms with Crippen LogP contribution in [0.3, 0.4) is 0 Å². The summed E-state index contributed by atoms with van der Waals surface area (Å²) >= 11 is 9.00. The van der Waals surface area contributed by atoms with Crippen molar-refractivity contribution in [2.75, 3.05) is 0 Å². The molecule has 0 amide bonds. The molecule has 1 atom stereocenters. The van der Waals surface area contributed by atoms with Crippen LogP contribution in [0.4, 0.5) is 8.78 Å². The average molecular weight is 362 g/mol. The lowest BCUT2D eigenvalue weighted by atomic mass is 9.94. The molecule has 1 unspecified atom stereocenters. The number of aryl methyl sites for hydroxylation is 1. The maximum Gasteiger partial charge on any atom is 0.145 e. The first-order chi connectivity index (χ1) is 9.45. The molecular weight excluding hydrogens is 350 g/mol. The van der Waals surface area contributed by atoms with Crippen LogP contribution >= 0.6 is 27.5 Å². The zero-order valence-corrected chi connectivity index (χ0v) is 12.9. The Labute approximate surface area is 129 Å². The van der Waals surface area contributed by atoms with Gasteiger partial charge in [-0.25, -0.2) is 14.2 Å². The monoisotopic (exact) mass is 360 g/mol. The predicted molar refractivity (Wildman–Crippen MR) is 79.4 cm³/mol. The summed E-state index contributed by atoms with van der Waals surface area (Å²) in [5, 5.41) is 0.474. The zero-order chi connectivity index (χ0) is 14.9. The van der Waals surface area contributed by atoms with Crippen molar-refractivity contribution in [1.82, 2.24) is 5.43 Å². The highest BCUT2D eigenvalue weighted by molar-refractivity contribution is 9.10. The van der Waals surface area contributed by atoms with E-state index in [4.69, 9.17) is 17.4 Å². The standard InChI is InChI=1S/C14H12BrClF2N2/c1-7-2-3-8(16)6-9(7)14(20-19)12-11(17)5-4-10(15)13(12)18/h2-6,14,20H,19H2,1H3. The average Bonchev–Trinajstić information content (AvgIpc) is 2.42. The number of rotatable bonds is 3. The van der Waals surface area contributed by atoms with Gasteiger partial charge in [-0.15, -0.1) is 0 Å². The minimum atomic E-state index is -0.828. The van der Waals surface area contributed by atoms with E-state index in [9.17, 15) is 8.78 Å². The molecule has 2 aromatic rings. The fraction of sp³-hybridized carbons (Fsp3) is 0.143. The number of halogens is 4. The van der Waals surface area contributed by atoms with E-state index in [-0.39, 0.29) is 10.0 Å². The largest absolute Gasteiger partial charge is 0.271 e. The normalized spacial score (nSPS) is 12.5. The van der Waals surface area contributed by atoms with E-state index < -0.39 is 17.7 Å². The van der Waals surface area contributed by atoms with Crippen molar-refractivity contribution >= 4 is 27.5 Å². The predicted octanol–water partition coefficient (Wildman–Crippen LogP) is 4.24. The Balaban J connectivity index is 2.64. The van der Waals surface area contributed by atoms with Gasteiger partial charge in [-0.05, 0) is 58.2 Å². The molecule has 0 aliphatic heterocycles. The third kappa shape index (κ3) is 2.86. The van der Waals surface area contributed by atoms with Gasteiger partial charge in [0.25, 0.3) is 0 Å². The quantitative estimate of drug-likeness (QED) is 0.487. The molecule has 0 bridgehead atoms. The lowest BCUT2D eigenvalue weighted by Gasteiger charge is -2.21. The van der Waals surface area contributed by atoms with E-state index in [1.54, 1.807) is 18.2 Å². The Morgan fingerprint density at radius 2 is 1.95 bits per heavy atom. The van der Waals surface area contributed by atoms with Crippen molar-refractivity contribution in [1.29, 1.82) is 0 Å². The first-order valence-electron chi connectivity index (χ1n) is 5.81. The van der Waals surface area contributed by atoms with Gasteiger partial charge in [-0.3, -0.25) is 5.84 Å². The molecular formula is C14H12BrClF2N2. The molecule has 6 heteroatoms. The molecule has 2 rings (SSSR count). The zero-order valence-electron chi connectivity index (χ0n) is 10.6. The number of hydrogen-bond acceptors (Lipinski definition) is 2. The van der Waals surface area contributed by atoms with E-state index in [0.29, 0.717) is 10.6 Å². The summed E-state index contributed by atoms with van der Waals surface area (Å²) < 4.78 is 28.4. The fourth-order valence-corrected chi connectivity index (χ4v) is 2.58. The Hall–Kier alpha value is -1.01. The fourth-order valence-electron chi connectivity index (χ4n) is 2.06. The second kappa shape index (κ2) is 6.18. The molecule has 0 saturated heterocycles. The van der Waals surface area contributed by atoms with Gasteiger partial charge in [0.1, 0.15) is 11.6 Å². The summed E-state index contributed by atoms with van der Waals surface area (Å²) in [5.41, 5.74) is 3.76. The van der Waals surface area contributed by atoms with Gasteiger partial charge in [0.05, 0.1) is 10.5 Å². The van der Waals surface area contributed by atoms with E-state index in [0.717, 1.165) is 5.56 Å². The van der Waals surface area contributed by atoms with Crippen LogP contribution < -0.4 is 11.3 Å². The molecule has 0 aromatic heterocycles. The summed E-state index contributed by atoms with van der Waals surface area (Å²) in [7, 11) is 0. The van der Waals surface area contributed by atoms with Crippen molar-refractivity contribution in [2.24, 2.45) is 5.84 Å². The van der Waals surface area contributed by atoms with Gasteiger partial charge in [0, 0.05) is 10.6 Å². The lowest BCUT2D eigenvalue weighted by Crippen LogP contribution is -2.31. The molecule has 0 aliphatic carbocycles. The molecule has 2 aromatic carbocycles. The maximum absolute atomic E-state index is 14.2. The van der Waals surface area contributed by atoms with Crippen molar-refractivity contribution in [3.8, 4) is 0 Å². The minimum Gasteiger partial charge on any atom is -0.271 e. The third-order valence-corrected chi connectivity index (χ3v) is 3.93.